The predicted octanol–water partition coefficient (Wildman–Crippen LogP) is 3.22. The lowest BCUT2D eigenvalue weighted by molar-refractivity contribution is 0.459. The SMILES string of the molecule is CCC(CC)C1(S)C=CC=C1. The summed E-state index contributed by atoms with van der Waals surface area (Å²) in [4.78, 5) is 0. The van der Waals surface area contributed by atoms with E-state index in [-0.39, 0.29) is 4.75 Å². The lowest BCUT2D eigenvalue weighted by atomic mass is 9.88. The minimum atomic E-state index is 0.0451. The third kappa shape index (κ3) is 1.70. The lowest BCUT2D eigenvalue weighted by Crippen LogP contribution is -2.25. The molecule has 0 saturated carbocycles. The number of rotatable bonds is 3. The molecule has 0 aliphatic heterocycles. The van der Waals surface area contributed by atoms with Crippen molar-refractivity contribution in [2.24, 2.45) is 5.92 Å². The van der Waals surface area contributed by atoms with Crippen LogP contribution in [0, 0.1) is 5.92 Å². The van der Waals surface area contributed by atoms with Gasteiger partial charge in [-0.1, -0.05) is 51.0 Å². The van der Waals surface area contributed by atoms with Crippen LogP contribution in [0.3, 0.4) is 0 Å². The Morgan fingerprint density at radius 3 is 2.00 bits per heavy atom. The standard InChI is InChI=1S/C10H16S/c1-3-9(4-2)10(11)7-5-6-8-10/h5-9,11H,3-4H2,1-2H3. The van der Waals surface area contributed by atoms with Crippen molar-refractivity contribution in [2.75, 3.05) is 0 Å². The van der Waals surface area contributed by atoms with E-state index >= 15 is 0 Å². The maximum absolute atomic E-state index is 4.66. The van der Waals surface area contributed by atoms with Crippen LogP contribution in [0.15, 0.2) is 24.3 Å². The van der Waals surface area contributed by atoms with Gasteiger partial charge in [-0.3, -0.25) is 0 Å². The van der Waals surface area contributed by atoms with Gasteiger partial charge in [-0.15, -0.1) is 0 Å². The Bertz CT molecular complexity index is 163. The summed E-state index contributed by atoms with van der Waals surface area (Å²) in [6.45, 7) is 4.46. The van der Waals surface area contributed by atoms with Gasteiger partial charge in [0.05, 0.1) is 4.75 Å². The molecule has 0 unspecified atom stereocenters. The topological polar surface area (TPSA) is 0 Å². The van der Waals surface area contributed by atoms with Crippen LogP contribution in [0.5, 0.6) is 0 Å². The average Bonchev–Trinajstić information content (AvgIpc) is 2.39. The summed E-state index contributed by atoms with van der Waals surface area (Å²) in [6, 6.07) is 0. The molecular weight excluding hydrogens is 152 g/mol. The molecule has 1 aliphatic rings. The lowest BCUT2D eigenvalue weighted by Gasteiger charge is -2.28. The second kappa shape index (κ2) is 3.48. The minimum absolute atomic E-state index is 0.0451. The predicted molar refractivity (Wildman–Crippen MR) is 54.1 cm³/mol. The van der Waals surface area contributed by atoms with Gasteiger partial charge in [-0.05, 0) is 5.92 Å². The molecule has 62 valence electrons. The number of hydrogen-bond acceptors (Lipinski definition) is 1. The second-order valence-electron chi connectivity index (χ2n) is 3.12. The van der Waals surface area contributed by atoms with Gasteiger partial charge >= 0.3 is 0 Å². The maximum Gasteiger partial charge on any atom is 0.0522 e. The first kappa shape index (κ1) is 8.92. The van der Waals surface area contributed by atoms with Crippen LogP contribution in [-0.4, -0.2) is 4.75 Å². The Kier molecular flexibility index (Phi) is 2.83. The highest BCUT2D eigenvalue weighted by Gasteiger charge is 2.28. The van der Waals surface area contributed by atoms with E-state index < -0.39 is 0 Å². The van der Waals surface area contributed by atoms with Crippen LogP contribution in [0.25, 0.3) is 0 Å². The van der Waals surface area contributed by atoms with Crippen LogP contribution in [0.1, 0.15) is 26.7 Å². The molecule has 0 nitrogen and oxygen atoms in total. The zero-order chi connectivity index (χ0) is 8.32. The van der Waals surface area contributed by atoms with Crippen molar-refractivity contribution in [3.63, 3.8) is 0 Å². The van der Waals surface area contributed by atoms with E-state index in [0.717, 1.165) is 0 Å². The molecule has 0 aromatic heterocycles. The second-order valence-corrected chi connectivity index (χ2v) is 3.89. The molecule has 0 radical (unpaired) electrons. The largest absolute Gasteiger partial charge is 0.164 e. The summed E-state index contributed by atoms with van der Waals surface area (Å²) in [5.41, 5.74) is 0. The smallest absolute Gasteiger partial charge is 0.0522 e. The highest BCUT2D eigenvalue weighted by atomic mass is 32.1. The van der Waals surface area contributed by atoms with Crippen molar-refractivity contribution in [2.45, 2.75) is 31.4 Å². The summed E-state index contributed by atoms with van der Waals surface area (Å²) in [5, 5.41) is 0. The Morgan fingerprint density at radius 1 is 1.18 bits per heavy atom. The van der Waals surface area contributed by atoms with E-state index in [9.17, 15) is 0 Å². The number of thiol groups is 1. The van der Waals surface area contributed by atoms with Crippen molar-refractivity contribution in [1.29, 1.82) is 0 Å². The zero-order valence-electron chi connectivity index (χ0n) is 7.25. The Balaban J connectivity index is 2.70. The maximum atomic E-state index is 4.66. The summed E-state index contributed by atoms with van der Waals surface area (Å²) >= 11 is 4.66. The van der Waals surface area contributed by atoms with Gasteiger partial charge in [0.25, 0.3) is 0 Å². The summed E-state index contributed by atoms with van der Waals surface area (Å²) < 4.78 is 0.0451. The Hall–Kier alpha value is -0.170. The van der Waals surface area contributed by atoms with Gasteiger partial charge in [-0.25, -0.2) is 0 Å². The monoisotopic (exact) mass is 168 g/mol. The molecule has 0 atom stereocenters. The molecule has 0 bridgehead atoms. The van der Waals surface area contributed by atoms with Crippen LogP contribution in [0.2, 0.25) is 0 Å². The third-order valence-corrected chi connectivity index (χ3v) is 3.14. The minimum Gasteiger partial charge on any atom is -0.164 e. The molecule has 0 fully saturated rings. The van der Waals surface area contributed by atoms with Crippen LogP contribution >= 0.6 is 12.6 Å². The summed E-state index contributed by atoms with van der Waals surface area (Å²) in [6.07, 6.45) is 11.0. The molecule has 0 spiro atoms. The highest BCUT2D eigenvalue weighted by molar-refractivity contribution is 7.82. The summed E-state index contributed by atoms with van der Waals surface area (Å²) in [7, 11) is 0. The van der Waals surface area contributed by atoms with Gasteiger partial charge in [0, 0.05) is 0 Å². The van der Waals surface area contributed by atoms with Gasteiger partial charge in [0.1, 0.15) is 0 Å². The fourth-order valence-electron chi connectivity index (χ4n) is 1.69. The molecule has 0 aromatic carbocycles. The molecule has 0 aromatic rings. The molecule has 0 heterocycles. The Labute approximate surface area is 74.8 Å². The molecule has 0 N–H and O–H groups in total. The zero-order valence-corrected chi connectivity index (χ0v) is 8.14. The van der Waals surface area contributed by atoms with E-state index in [0.29, 0.717) is 5.92 Å². The molecule has 0 saturated heterocycles. The van der Waals surface area contributed by atoms with E-state index in [2.05, 4.69) is 50.8 Å². The molecule has 1 heteroatoms. The third-order valence-electron chi connectivity index (χ3n) is 2.48. The average molecular weight is 168 g/mol. The van der Waals surface area contributed by atoms with Gasteiger partial charge < -0.3 is 0 Å². The van der Waals surface area contributed by atoms with Gasteiger partial charge in [0.2, 0.25) is 0 Å². The van der Waals surface area contributed by atoms with Crippen molar-refractivity contribution < 1.29 is 0 Å². The molecule has 1 aliphatic carbocycles. The van der Waals surface area contributed by atoms with Gasteiger partial charge in [0.15, 0.2) is 0 Å². The van der Waals surface area contributed by atoms with E-state index in [4.69, 9.17) is 0 Å². The fraction of sp³-hybridized carbons (Fsp3) is 0.600. The molecule has 0 amide bonds. The van der Waals surface area contributed by atoms with Gasteiger partial charge in [-0.2, -0.15) is 12.6 Å². The van der Waals surface area contributed by atoms with Crippen LogP contribution < -0.4 is 0 Å². The van der Waals surface area contributed by atoms with Crippen molar-refractivity contribution in [3.8, 4) is 0 Å². The normalized spacial score (nSPS) is 20.0. The molecule has 1 rings (SSSR count). The van der Waals surface area contributed by atoms with E-state index in [1.807, 2.05) is 0 Å². The highest BCUT2D eigenvalue weighted by Crippen LogP contribution is 2.35. The summed E-state index contributed by atoms with van der Waals surface area (Å²) in [5.74, 6) is 0.681. The fourth-order valence-corrected chi connectivity index (χ4v) is 2.23. The molecular formula is C10H16S. The number of hydrogen-bond donors (Lipinski definition) is 1. The number of allylic oxidation sites excluding steroid dienone is 2. The van der Waals surface area contributed by atoms with Crippen LogP contribution in [0.4, 0.5) is 0 Å². The first-order chi connectivity index (χ1) is 5.23. The quantitative estimate of drug-likeness (QED) is 0.615. The van der Waals surface area contributed by atoms with Crippen molar-refractivity contribution in [3.05, 3.63) is 24.3 Å². The van der Waals surface area contributed by atoms with Crippen molar-refractivity contribution in [1.82, 2.24) is 0 Å². The molecule has 11 heavy (non-hydrogen) atoms. The van der Waals surface area contributed by atoms with E-state index in [1.54, 1.807) is 0 Å². The Morgan fingerprint density at radius 2 is 1.64 bits per heavy atom. The first-order valence-corrected chi connectivity index (χ1v) is 4.77. The first-order valence-electron chi connectivity index (χ1n) is 4.32. The van der Waals surface area contributed by atoms with Crippen LogP contribution in [-0.2, 0) is 0 Å². The van der Waals surface area contributed by atoms with E-state index in [1.165, 1.54) is 12.8 Å². The van der Waals surface area contributed by atoms with Crippen molar-refractivity contribution >= 4 is 12.6 Å².